The molecule has 8 nitrogen and oxygen atoms in total. The van der Waals surface area contributed by atoms with E-state index in [4.69, 9.17) is 0 Å². The third-order valence-corrected chi connectivity index (χ3v) is 5.68. The Morgan fingerprint density at radius 1 is 1.21 bits per heavy atom. The van der Waals surface area contributed by atoms with Crippen molar-refractivity contribution in [2.75, 3.05) is 39.8 Å². The summed E-state index contributed by atoms with van der Waals surface area (Å²) in [5.41, 5.74) is 0. The second-order valence-electron chi connectivity index (χ2n) is 5.41. The van der Waals surface area contributed by atoms with Gasteiger partial charge in [0.25, 0.3) is 5.91 Å². The second kappa shape index (κ2) is 7.69. The number of nitrogens with one attached hydrogen (secondary N) is 3. The van der Waals surface area contributed by atoms with Gasteiger partial charge < -0.3 is 10.2 Å². The van der Waals surface area contributed by atoms with E-state index in [-0.39, 0.29) is 24.5 Å². The van der Waals surface area contributed by atoms with Crippen LogP contribution in [-0.2, 0) is 14.8 Å². The van der Waals surface area contributed by atoms with Gasteiger partial charge in [-0.1, -0.05) is 0 Å². The third-order valence-electron chi connectivity index (χ3n) is 3.77. The first kappa shape index (κ1) is 18.3. The van der Waals surface area contributed by atoms with Gasteiger partial charge in [0, 0.05) is 7.05 Å². The van der Waals surface area contributed by atoms with E-state index in [9.17, 15) is 22.4 Å². The summed E-state index contributed by atoms with van der Waals surface area (Å²) in [7, 11) is -2.25. The van der Waals surface area contributed by atoms with Gasteiger partial charge in [-0.15, -0.1) is 0 Å². The number of hydrogen-bond acceptors (Lipinski definition) is 4. The number of nitrogens with zero attached hydrogens (tertiary/aromatic N) is 1. The van der Waals surface area contributed by atoms with Crippen LogP contribution in [0.1, 0.15) is 0 Å². The van der Waals surface area contributed by atoms with Crippen molar-refractivity contribution >= 4 is 22.0 Å². The van der Waals surface area contributed by atoms with Gasteiger partial charge in [-0.3, -0.25) is 10.1 Å². The van der Waals surface area contributed by atoms with Gasteiger partial charge in [0.2, 0.25) is 10.0 Å². The summed E-state index contributed by atoms with van der Waals surface area (Å²) in [5, 5.41) is 4.46. The van der Waals surface area contributed by atoms with Crippen LogP contribution in [0.3, 0.4) is 0 Å². The minimum atomic E-state index is -3.66. The van der Waals surface area contributed by atoms with Crippen LogP contribution in [-0.4, -0.2) is 64.4 Å². The van der Waals surface area contributed by atoms with Crippen LogP contribution >= 0.6 is 0 Å². The Balaban J connectivity index is 1.91. The first-order valence-electron chi connectivity index (χ1n) is 7.44. The van der Waals surface area contributed by atoms with Gasteiger partial charge in [0.15, 0.2) is 6.54 Å². The van der Waals surface area contributed by atoms with Crippen molar-refractivity contribution in [2.45, 2.75) is 4.90 Å². The molecule has 0 spiro atoms. The molecule has 1 fully saturated rings. The number of urea groups is 1. The molecule has 1 aromatic rings. The van der Waals surface area contributed by atoms with Crippen molar-refractivity contribution in [3.05, 3.63) is 30.1 Å². The van der Waals surface area contributed by atoms with Gasteiger partial charge in [-0.05, 0) is 24.3 Å². The van der Waals surface area contributed by atoms with Crippen LogP contribution in [0.5, 0.6) is 0 Å². The Kier molecular flexibility index (Phi) is 5.86. The Bertz CT molecular complexity index is 700. The highest BCUT2D eigenvalue weighted by Gasteiger charge is 2.31. The van der Waals surface area contributed by atoms with Gasteiger partial charge in [0.05, 0.1) is 31.1 Å². The second-order valence-corrected chi connectivity index (χ2v) is 7.35. The number of quaternary nitrogens is 1. The lowest BCUT2D eigenvalue weighted by molar-refractivity contribution is -0.895. The fraction of sp³-hybridized carbons (Fsp3) is 0.429. The fourth-order valence-electron chi connectivity index (χ4n) is 2.44. The number of benzene rings is 1. The highest BCUT2D eigenvalue weighted by atomic mass is 32.2. The quantitative estimate of drug-likeness (QED) is 0.589. The maximum Gasteiger partial charge on any atom is 0.321 e. The third kappa shape index (κ3) is 4.49. The van der Waals surface area contributed by atoms with Crippen LogP contribution in [0.2, 0.25) is 0 Å². The van der Waals surface area contributed by atoms with Crippen LogP contribution in [0, 0.1) is 5.82 Å². The standard InChI is InChI=1S/C14H19FN4O4S/c1-16-14(21)17-13(20)10-18-6-8-19(9-7-18)24(22,23)12-4-2-11(15)3-5-12/h2-5H,6-10H2,1H3,(H2,16,17,20,21)/p+1. The molecule has 3 N–H and O–H groups in total. The Labute approximate surface area is 139 Å². The minimum Gasteiger partial charge on any atom is -0.341 e. The Morgan fingerprint density at radius 2 is 1.79 bits per heavy atom. The zero-order valence-corrected chi connectivity index (χ0v) is 14.0. The number of carbonyl (C=O) groups is 2. The van der Waals surface area contributed by atoms with Crippen molar-refractivity contribution in [3.8, 4) is 0 Å². The number of imide groups is 1. The molecule has 132 valence electrons. The highest BCUT2D eigenvalue weighted by Crippen LogP contribution is 2.15. The average molecular weight is 359 g/mol. The summed E-state index contributed by atoms with van der Waals surface area (Å²) in [6.45, 7) is 1.49. The summed E-state index contributed by atoms with van der Waals surface area (Å²) >= 11 is 0. The minimum absolute atomic E-state index is 0.0460. The lowest BCUT2D eigenvalue weighted by Gasteiger charge is -2.31. The van der Waals surface area contributed by atoms with E-state index in [0.717, 1.165) is 17.0 Å². The van der Waals surface area contributed by atoms with Crippen LogP contribution in [0.15, 0.2) is 29.2 Å². The maximum absolute atomic E-state index is 12.9. The monoisotopic (exact) mass is 359 g/mol. The molecule has 1 heterocycles. The van der Waals surface area contributed by atoms with E-state index in [1.165, 1.54) is 23.5 Å². The van der Waals surface area contributed by atoms with Crippen LogP contribution in [0.4, 0.5) is 9.18 Å². The molecule has 1 aromatic carbocycles. The highest BCUT2D eigenvalue weighted by molar-refractivity contribution is 7.89. The zero-order valence-electron chi connectivity index (χ0n) is 13.2. The normalized spacial score (nSPS) is 16.6. The van der Waals surface area contributed by atoms with Gasteiger partial charge in [-0.2, -0.15) is 4.31 Å². The molecule has 0 atom stereocenters. The summed E-state index contributed by atoms with van der Waals surface area (Å²) in [4.78, 5) is 23.7. The van der Waals surface area contributed by atoms with Crippen LogP contribution in [0.25, 0.3) is 0 Å². The fourth-order valence-corrected chi connectivity index (χ4v) is 3.88. The number of hydrogen-bond donors (Lipinski definition) is 3. The maximum atomic E-state index is 12.9. The summed E-state index contributed by atoms with van der Waals surface area (Å²) < 4.78 is 39.2. The first-order valence-corrected chi connectivity index (χ1v) is 8.88. The summed E-state index contributed by atoms with van der Waals surface area (Å²) in [5.74, 6) is -0.912. The molecule has 0 unspecified atom stereocenters. The summed E-state index contributed by atoms with van der Waals surface area (Å²) in [6, 6.07) is 4.12. The molecule has 2 rings (SSSR count). The van der Waals surface area contributed by atoms with E-state index in [0.29, 0.717) is 13.1 Å². The Hall–Kier alpha value is -2.04. The molecule has 0 saturated carbocycles. The zero-order chi connectivity index (χ0) is 17.7. The molecule has 1 aliphatic rings. The molecule has 0 radical (unpaired) electrons. The molecule has 24 heavy (non-hydrogen) atoms. The number of carbonyl (C=O) groups excluding carboxylic acids is 2. The molecule has 1 saturated heterocycles. The number of amides is 3. The lowest BCUT2D eigenvalue weighted by Crippen LogP contribution is -3.15. The molecule has 0 bridgehead atoms. The molecule has 0 aliphatic carbocycles. The number of sulfonamides is 1. The molecule has 0 aromatic heterocycles. The SMILES string of the molecule is CNC(=O)NC(=O)C[NH+]1CCN(S(=O)(=O)c2ccc(F)cc2)CC1. The van der Waals surface area contributed by atoms with E-state index in [1.807, 2.05) is 0 Å². The average Bonchev–Trinajstić information content (AvgIpc) is 2.55. The van der Waals surface area contributed by atoms with Crippen molar-refractivity contribution in [1.82, 2.24) is 14.9 Å². The topological polar surface area (TPSA) is 100 Å². The van der Waals surface area contributed by atoms with E-state index in [1.54, 1.807) is 0 Å². The lowest BCUT2D eigenvalue weighted by atomic mass is 10.3. The molecular formula is C14H20FN4O4S+. The van der Waals surface area contributed by atoms with Crippen molar-refractivity contribution in [2.24, 2.45) is 0 Å². The predicted molar refractivity (Wildman–Crippen MR) is 83.3 cm³/mol. The molecule has 10 heteroatoms. The van der Waals surface area contributed by atoms with Crippen LogP contribution < -0.4 is 15.5 Å². The summed E-state index contributed by atoms with van der Waals surface area (Å²) in [6.07, 6.45) is 0. The van der Waals surface area contributed by atoms with E-state index >= 15 is 0 Å². The van der Waals surface area contributed by atoms with Gasteiger partial charge in [-0.25, -0.2) is 17.6 Å². The predicted octanol–water partition coefficient (Wildman–Crippen LogP) is -1.83. The van der Waals surface area contributed by atoms with E-state index < -0.39 is 27.8 Å². The molecular weight excluding hydrogens is 339 g/mol. The number of rotatable bonds is 4. The first-order chi connectivity index (χ1) is 11.3. The van der Waals surface area contributed by atoms with Crippen molar-refractivity contribution < 1.29 is 27.3 Å². The van der Waals surface area contributed by atoms with Gasteiger partial charge >= 0.3 is 6.03 Å². The largest absolute Gasteiger partial charge is 0.341 e. The smallest absolute Gasteiger partial charge is 0.321 e. The molecule has 3 amide bonds. The van der Waals surface area contributed by atoms with E-state index in [2.05, 4.69) is 10.6 Å². The van der Waals surface area contributed by atoms with Gasteiger partial charge in [0.1, 0.15) is 5.82 Å². The van der Waals surface area contributed by atoms with Crippen molar-refractivity contribution in [1.29, 1.82) is 0 Å². The van der Waals surface area contributed by atoms with Crippen molar-refractivity contribution in [3.63, 3.8) is 0 Å². The Morgan fingerprint density at radius 3 is 2.33 bits per heavy atom. The molecule has 1 aliphatic heterocycles. The number of piperazine rings is 1. The number of halogens is 1.